The van der Waals surface area contributed by atoms with Crippen LogP contribution in [0.4, 0.5) is 0 Å². The van der Waals surface area contributed by atoms with Gasteiger partial charge >= 0.3 is 0 Å². The maximum Gasteiger partial charge on any atom is 0.0702 e. The van der Waals surface area contributed by atoms with Crippen molar-refractivity contribution in [1.82, 2.24) is 10.2 Å². The standard InChI is InChI=1S/C12H24N2O/c1-13-11-6-3-7-12(11)14(2)9-10-5-4-8-15-10/h10-13H,3-9H2,1-2H3. The zero-order valence-corrected chi connectivity index (χ0v) is 10.0. The van der Waals surface area contributed by atoms with E-state index >= 15 is 0 Å². The monoisotopic (exact) mass is 212 g/mol. The summed E-state index contributed by atoms with van der Waals surface area (Å²) >= 11 is 0. The molecule has 0 amide bonds. The summed E-state index contributed by atoms with van der Waals surface area (Å²) in [5, 5.41) is 3.44. The van der Waals surface area contributed by atoms with Gasteiger partial charge in [-0.05, 0) is 39.8 Å². The molecule has 0 aromatic heterocycles. The molecule has 1 saturated heterocycles. The third-order valence-corrected chi connectivity index (χ3v) is 3.93. The highest BCUT2D eigenvalue weighted by atomic mass is 16.5. The van der Waals surface area contributed by atoms with Crippen molar-refractivity contribution in [2.45, 2.75) is 50.3 Å². The van der Waals surface area contributed by atoms with Gasteiger partial charge in [0.15, 0.2) is 0 Å². The number of rotatable bonds is 4. The maximum atomic E-state index is 5.69. The SMILES string of the molecule is CNC1CCCC1N(C)CC1CCCO1. The van der Waals surface area contributed by atoms with Gasteiger partial charge in [0.1, 0.15) is 0 Å². The van der Waals surface area contributed by atoms with Crippen LogP contribution in [0.2, 0.25) is 0 Å². The van der Waals surface area contributed by atoms with E-state index in [1.807, 2.05) is 0 Å². The lowest BCUT2D eigenvalue weighted by Gasteiger charge is -2.31. The summed E-state index contributed by atoms with van der Waals surface area (Å²) in [7, 11) is 4.34. The van der Waals surface area contributed by atoms with E-state index in [2.05, 4.69) is 24.3 Å². The zero-order chi connectivity index (χ0) is 10.7. The van der Waals surface area contributed by atoms with Crippen molar-refractivity contribution in [3.63, 3.8) is 0 Å². The van der Waals surface area contributed by atoms with E-state index in [0.29, 0.717) is 12.1 Å². The second-order valence-corrected chi connectivity index (χ2v) is 4.97. The summed E-state index contributed by atoms with van der Waals surface area (Å²) in [4.78, 5) is 2.50. The van der Waals surface area contributed by atoms with Crippen molar-refractivity contribution in [3.8, 4) is 0 Å². The van der Waals surface area contributed by atoms with E-state index in [1.165, 1.54) is 32.1 Å². The van der Waals surface area contributed by atoms with E-state index in [9.17, 15) is 0 Å². The fourth-order valence-electron chi connectivity index (χ4n) is 3.05. The molecule has 0 aromatic carbocycles. The van der Waals surface area contributed by atoms with Crippen LogP contribution in [0, 0.1) is 0 Å². The van der Waals surface area contributed by atoms with Crippen LogP contribution >= 0.6 is 0 Å². The Balaban J connectivity index is 1.80. The molecule has 0 aromatic rings. The lowest BCUT2D eigenvalue weighted by atomic mass is 10.1. The number of likely N-dealkylation sites (N-methyl/N-ethyl adjacent to an activating group) is 2. The molecule has 1 aliphatic heterocycles. The van der Waals surface area contributed by atoms with E-state index in [0.717, 1.165) is 19.2 Å². The normalized spacial score (nSPS) is 36.6. The first-order chi connectivity index (χ1) is 7.31. The molecule has 3 nitrogen and oxygen atoms in total. The Morgan fingerprint density at radius 1 is 1.27 bits per heavy atom. The molecule has 1 saturated carbocycles. The quantitative estimate of drug-likeness (QED) is 0.759. The molecule has 88 valence electrons. The Morgan fingerprint density at radius 2 is 2.13 bits per heavy atom. The highest BCUT2D eigenvalue weighted by Gasteiger charge is 2.30. The third kappa shape index (κ3) is 2.71. The van der Waals surface area contributed by atoms with Gasteiger partial charge in [-0.3, -0.25) is 4.90 Å². The molecule has 1 aliphatic carbocycles. The molecule has 3 heteroatoms. The molecular formula is C12H24N2O. The first-order valence-corrected chi connectivity index (χ1v) is 6.30. The van der Waals surface area contributed by atoms with Crippen LogP contribution in [-0.2, 0) is 4.74 Å². The first kappa shape index (κ1) is 11.4. The van der Waals surface area contributed by atoms with Gasteiger partial charge in [-0.2, -0.15) is 0 Å². The van der Waals surface area contributed by atoms with Gasteiger partial charge in [-0.1, -0.05) is 6.42 Å². The van der Waals surface area contributed by atoms with Crippen molar-refractivity contribution in [2.75, 3.05) is 27.2 Å². The second-order valence-electron chi connectivity index (χ2n) is 4.97. The van der Waals surface area contributed by atoms with E-state index in [1.54, 1.807) is 0 Å². The lowest BCUT2D eigenvalue weighted by molar-refractivity contribution is 0.0648. The Morgan fingerprint density at radius 3 is 2.80 bits per heavy atom. The number of ether oxygens (including phenoxy) is 1. The lowest BCUT2D eigenvalue weighted by Crippen LogP contribution is -2.46. The van der Waals surface area contributed by atoms with Crippen LogP contribution in [0.5, 0.6) is 0 Å². The van der Waals surface area contributed by atoms with Gasteiger partial charge in [0.25, 0.3) is 0 Å². The third-order valence-electron chi connectivity index (χ3n) is 3.93. The van der Waals surface area contributed by atoms with Crippen LogP contribution in [0.3, 0.4) is 0 Å². The van der Waals surface area contributed by atoms with Gasteiger partial charge in [-0.25, -0.2) is 0 Å². The molecule has 2 aliphatic rings. The smallest absolute Gasteiger partial charge is 0.0702 e. The largest absolute Gasteiger partial charge is 0.377 e. The predicted octanol–water partition coefficient (Wildman–Crippen LogP) is 1.24. The van der Waals surface area contributed by atoms with Crippen molar-refractivity contribution in [1.29, 1.82) is 0 Å². The summed E-state index contributed by atoms with van der Waals surface area (Å²) in [5.74, 6) is 0. The molecule has 2 rings (SSSR count). The van der Waals surface area contributed by atoms with Gasteiger partial charge in [0.05, 0.1) is 6.10 Å². The average molecular weight is 212 g/mol. The number of hydrogen-bond donors (Lipinski definition) is 1. The number of nitrogens with zero attached hydrogens (tertiary/aromatic N) is 1. The minimum atomic E-state index is 0.494. The van der Waals surface area contributed by atoms with Crippen LogP contribution in [0.15, 0.2) is 0 Å². The Hall–Kier alpha value is -0.120. The van der Waals surface area contributed by atoms with Gasteiger partial charge in [0, 0.05) is 25.2 Å². The fraction of sp³-hybridized carbons (Fsp3) is 1.00. The minimum absolute atomic E-state index is 0.494. The van der Waals surface area contributed by atoms with Crippen molar-refractivity contribution in [3.05, 3.63) is 0 Å². The molecule has 1 heterocycles. The predicted molar refractivity (Wildman–Crippen MR) is 62.1 cm³/mol. The van der Waals surface area contributed by atoms with Crippen LogP contribution < -0.4 is 5.32 Å². The van der Waals surface area contributed by atoms with Gasteiger partial charge in [0.2, 0.25) is 0 Å². The van der Waals surface area contributed by atoms with Crippen molar-refractivity contribution in [2.24, 2.45) is 0 Å². The number of nitrogens with one attached hydrogen (secondary N) is 1. The molecule has 0 radical (unpaired) electrons. The summed E-state index contributed by atoms with van der Waals surface area (Å²) < 4.78 is 5.69. The van der Waals surface area contributed by atoms with E-state index < -0.39 is 0 Å². The molecule has 15 heavy (non-hydrogen) atoms. The van der Waals surface area contributed by atoms with E-state index in [-0.39, 0.29) is 0 Å². The van der Waals surface area contributed by atoms with Crippen molar-refractivity contribution < 1.29 is 4.74 Å². The molecule has 0 spiro atoms. The second kappa shape index (κ2) is 5.28. The molecule has 3 unspecified atom stereocenters. The molecular weight excluding hydrogens is 188 g/mol. The minimum Gasteiger partial charge on any atom is -0.377 e. The van der Waals surface area contributed by atoms with Gasteiger partial charge < -0.3 is 10.1 Å². The molecule has 3 atom stereocenters. The highest BCUT2D eigenvalue weighted by molar-refractivity contribution is 4.89. The van der Waals surface area contributed by atoms with Gasteiger partial charge in [-0.15, -0.1) is 0 Å². The highest BCUT2D eigenvalue weighted by Crippen LogP contribution is 2.24. The van der Waals surface area contributed by atoms with Crippen LogP contribution in [0.25, 0.3) is 0 Å². The van der Waals surface area contributed by atoms with Crippen molar-refractivity contribution >= 4 is 0 Å². The maximum absolute atomic E-state index is 5.69. The summed E-state index contributed by atoms with van der Waals surface area (Å²) in [6.07, 6.45) is 7.03. The molecule has 1 N–H and O–H groups in total. The van der Waals surface area contributed by atoms with Crippen LogP contribution in [0.1, 0.15) is 32.1 Å². The first-order valence-electron chi connectivity index (χ1n) is 6.30. The van der Waals surface area contributed by atoms with E-state index in [4.69, 9.17) is 4.74 Å². The summed E-state index contributed by atoms with van der Waals surface area (Å²) in [5.41, 5.74) is 0. The Bertz CT molecular complexity index is 192. The topological polar surface area (TPSA) is 24.5 Å². The fourth-order valence-corrected chi connectivity index (χ4v) is 3.05. The average Bonchev–Trinajstić information content (AvgIpc) is 2.86. The molecule has 0 bridgehead atoms. The Kier molecular flexibility index (Phi) is 4.00. The Labute approximate surface area is 93.2 Å². The number of hydrogen-bond acceptors (Lipinski definition) is 3. The zero-order valence-electron chi connectivity index (χ0n) is 10.0. The van der Waals surface area contributed by atoms with Crippen LogP contribution in [-0.4, -0.2) is 50.3 Å². The summed E-state index contributed by atoms with van der Waals surface area (Å²) in [6, 6.07) is 1.41. The summed E-state index contributed by atoms with van der Waals surface area (Å²) in [6.45, 7) is 2.08. The molecule has 2 fully saturated rings.